The molecule has 18 heavy (non-hydrogen) atoms. The lowest BCUT2D eigenvalue weighted by atomic mass is 9.59. The number of aliphatic hydroxyl groups is 1. The first-order valence-electron chi connectivity index (χ1n) is 7.76. The molecule has 0 aromatic rings. The fourth-order valence-electron chi connectivity index (χ4n) is 4.21. The molecule has 1 aliphatic carbocycles. The molecule has 0 aromatic heterocycles. The van der Waals surface area contributed by atoms with Gasteiger partial charge in [-0.2, -0.15) is 0 Å². The van der Waals surface area contributed by atoms with Gasteiger partial charge in [0.25, 0.3) is 0 Å². The molecule has 106 valence electrons. The third-order valence-corrected chi connectivity index (χ3v) is 5.91. The molecule has 1 aliphatic heterocycles. The molecular weight excluding hydrogens is 224 g/mol. The standard InChI is InChI=1S/C16H30O2/c1-5-16(8-6-10-18-16)14(17)15(4)9-7-12(2)11-13(15)3/h12-14,17H,5-11H2,1-4H3. The Balaban J connectivity index is 2.18. The summed E-state index contributed by atoms with van der Waals surface area (Å²) in [7, 11) is 0. The van der Waals surface area contributed by atoms with Gasteiger partial charge in [-0.15, -0.1) is 0 Å². The second-order valence-electron chi connectivity index (χ2n) is 7.06. The lowest BCUT2D eigenvalue weighted by molar-refractivity contribution is -0.165. The third kappa shape index (κ3) is 2.22. The molecule has 2 nitrogen and oxygen atoms in total. The van der Waals surface area contributed by atoms with Gasteiger partial charge < -0.3 is 9.84 Å². The van der Waals surface area contributed by atoms with E-state index in [0.29, 0.717) is 5.92 Å². The van der Waals surface area contributed by atoms with E-state index in [0.717, 1.165) is 38.2 Å². The largest absolute Gasteiger partial charge is 0.390 e. The number of aliphatic hydroxyl groups excluding tert-OH is 1. The minimum absolute atomic E-state index is 0.0346. The van der Waals surface area contributed by atoms with E-state index in [2.05, 4.69) is 27.7 Å². The zero-order chi connectivity index (χ0) is 13.4. The van der Waals surface area contributed by atoms with Gasteiger partial charge >= 0.3 is 0 Å². The van der Waals surface area contributed by atoms with E-state index in [1.807, 2.05) is 0 Å². The second-order valence-corrected chi connectivity index (χ2v) is 7.06. The average molecular weight is 254 g/mol. The predicted molar refractivity (Wildman–Crippen MR) is 74.5 cm³/mol. The minimum atomic E-state index is -0.306. The molecule has 0 amide bonds. The van der Waals surface area contributed by atoms with Crippen molar-refractivity contribution in [3.05, 3.63) is 0 Å². The van der Waals surface area contributed by atoms with Crippen molar-refractivity contribution in [2.24, 2.45) is 17.3 Å². The predicted octanol–water partition coefficient (Wildman–Crippen LogP) is 3.77. The quantitative estimate of drug-likeness (QED) is 0.830. The zero-order valence-electron chi connectivity index (χ0n) is 12.5. The maximum atomic E-state index is 11.0. The van der Waals surface area contributed by atoms with Crippen LogP contribution in [0.3, 0.4) is 0 Å². The van der Waals surface area contributed by atoms with E-state index in [1.165, 1.54) is 12.8 Å². The summed E-state index contributed by atoms with van der Waals surface area (Å²) in [6.45, 7) is 9.92. The molecule has 1 saturated carbocycles. The lowest BCUT2D eigenvalue weighted by Gasteiger charge is -2.50. The molecule has 2 heteroatoms. The van der Waals surface area contributed by atoms with Crippen LogP contribution in [0.1, 0.15) is 66.2 Å². The van der Waals surface area contributed by atoms with Crippen molar-refractivity contribution < 1.29 is 9.84 Å². The first-order chi connectivity index (χ1) is 8.44. The molecule has 0 spiro atoms. The monoisotopic (exact) mass is 254 g/mol. The summed E-state index contributed by atoms with van der Waals surface area (Å²) >= 11 is 0. The average Bonchev–Trinajstić information content (AvgIpc) is 2.83. The van der Waals surface area contributed by atoms with Crippen molar-refractivity contribution in [1.82, 2.24) is 0 Å². The summed E-state index contributed by atoms with van der Waals surface area (Å²) in [6, 6.07) is 0. The lowest BCUT2D eigenvalue weighted by Crippen LogP contribution is -2.54. The van der Waals surface area contributed by atoms with Gasteiger partial charge in [-0.3, -0.25) is 0 Å². The van der Waals surface area contributed by atoms with Crippen molar-refractivity contribution >= 4 is 0 Å². The summed E-state index contributed by atoms with van der Waals surface area (Å²) in [5.41, 5.74) is -0.226. The molecule has 0 radical (unpaired) electrons. The Kier molecular flexibility index (Phi) is 4.08. The molecule has 1 saturated heterocycles. The maximum absolute atomic E-state index is 11.0. The van der Waals surface area contributed by atoms with Crippen molar-refractivity contribution in [2.45, 2.75) is 77.9 Å². The van der Waals surface area contributed by atoms with Crippen molar-refractivity contribution in [3.8, 4) is 0 Å². The molecule has 1 N–H and O–H groups in total. The molecule has 2 fully saturated rings. The van der Waals surface area contributed by atoms with Gasteiger partial charge in [0.15, 0.2) is 0 Å². The number of hydrogen-bond donors (Lipinski definition) is 1. The van der Waals surface area contributed by atoms with Crippen LogP contribution in [-0.4, -0.2) is 23.4 Å². The van der Waals surface area contributed by atoms with Crippen LogP contribution < -0.4 is 0 Å². The molecule has 0 bridgehead atoms. The highest BCUT2D eigenvalue weighted by atomic mass is 16.5. The Morgan fingerprint density at radius 2 is 2.06 bits per heavy atom. The van der Waals surface area contributed by atoms with Gasteiger partial charge in [0, 0.05) is 6.61 Å². The van der Waals surface area contributed by atoms with Gasteiger partial charge in [0.2, 0.25) is 0 Å². The van der Waals surface area contributed by atoms with Gasteiger partial charge in [-0.25, -0.2) is 0 Å². The van der Waals surface area contributed by atoms with Crippen LogP contribution in [0.2, 0.25) is 0 Å². The topological polar surface area (TPSA) is 29.5 Å². The van der Waals surface area contributed by atoms with E-state index in [4.69, 9.17) is 4.74 Å². The summed E-state index contributed by atoms with van der Waals surface area (Å²) in [5, 5.41) is 11.0. The molecule has 0 aromatic carbocycles. The summed E-state index contributed by atoms with van der Waals surface area (Å²) < 4.78 is 6.00. The van der Waals surface area contributed by atoms with Crippen LogP contribution in [-0.2, 0) is 4.74 Å². The fraction of sp³-hybridized carbons (Fsp3) is 1.00. The molecule has 5 atom stereocenters. The first-order valence-corrected chi connectivity index (χ1v) is 7.76. The maximum Gasteiger partial charge on any atom is 0.0943 e. The Labute approximate surface area is 112 Å². The second kappa shape index (κ2) is 5.13. The summed E-state index contributed by atoms with van der Waals surface area (Å²) in [4.78, 5) is 0. The van der Waals surface area contributed by atoms with Crippen molar-refractivity contribution in [2.75, 3.05) is 6.61 Å². The molecule has 2 rings (SSSR count). The molecular formula is C16H30O2. The SMILES string of the molecule is CCC1(C(O)C2(C)CCC(C)CC2C)CCCO1. The minimum Gasteiger partial charge on any atom is -0.390 e. The Bertz CT molecular complexity index is 283. The van der Waals surface area contributed by atoms with E-state index >= 15 is 0 Å². The van der Waals surface area contributed by atoms with Crippen LogP contribution in [0.5, 0.6) is 0 Å². The van der Waals surface area contributed by atoms with E-state index in [9.17, 15) is 5.11 Å². The number of ether oxygens (including phenoxy) is 1. The van der Waals surface area contributed by atoms with Crippen LogP contribution in [0.4, 0.5) is 0 Å². The Morgan fingerprint density at radius 3 is 2.56 bits per heavy atom. The van der Waals surface area contributed by atoms with Crippen LogP contribution in [0.15, 0.2) is 0 Å². The van der Waals surface area contributed by atoms with Crippen molar-refractivity contribution in [1.29, 1.82) is 0 Å². The van der Waals surface area contributed by atoms with Crippen LogP contribution in [0.25, 0.3) is 0 Å². The highest BCUT2D eigenvalue weighted by Crippen LogP contribution is 2.51. The van der Waals surface area contributed by atoms with E-state index in [-0.39, 0.29) is 17.1 Å². The summed E-state index contributed by atoms with van der Waals surface area (Å²) in [5.74, 6) is 1.39. The molecule has 5 unspecified atom stereocenters. The van der Waals surface area contributed by atoms with Crippen LogP contribution >= 0.6 is 0 Å². The van der Waals surface area contributed by atoms with E-state index < -0.39 is 0 Å². The van der Waals surface area contributed by atoms with Crippen molar-refractivity contribution in [3.63, 3.8) is 0 Å². The van der Waals surface area contributed by atoms with E-state index in [1.54, 1.807) is 0 Å². The highest BCUT2D eigenvalue weighted by Gasteiger charge is 2.52. The highest BCUT2D eigenvalue weighted by molar-refractivity contribution is 5.02. The third-order valence-electron chi connectivity index (χ3n) is 5.91. The van der Waals surface area contributed by atoms with Gasteiger partial charge in [0.1, 0.15) is 0 Å². The van der Waals surface area contributed by atoms with Crippen LogP contribution in [0, 0.1) is 17.3 Å². The first kappa shape index (κ1) is 14.3. The fourth-order valence-corrected chi connectivity index (χ4v) is 4.21. The van der Waals surface area contributed by atoms with Gasteiger partial charge in [0.05, 0.1) is 11.7 Å². The van der Waals surface area contributed by atoms with Gasteiger partial charge in [-0.05, 0) is 49.4 Å². The Morgan fingerprint density at radius 1 is 1.33 bits per heavy atom. The normalized spacial score (nSPS) is 47.2. The van der Waals surface area contributed by atoms with Gasteiger partial charge in [-0.1, -0.05) is 34.1 Å². The number of rotatable bonds is 3. The zero-order valence-corrected chi connectivity index (χ0v) is 12.5. The summed E-state index contributed by atoms with van der Waals surface area (Å²) in [6.07, 6.45) is 6.40. The smallest absolute Gasteiger partial charge is 0.0943 e. The molecule has 1 heterocycles. The Hall–Kier alpha value is -0.0800. The number of hydrogen-bond acceptors (Lipinski definition) is 2. The molecule has 2 aliphatic rings.